The van der Waals surface area contributed by atoms with Gasteiger partial charge in [0, 0.05) is 12.2 Å². The summed E-state index contributed by atoms with van der Waals surface area (Å²) in [6.07, 6.45) is 0.732. The van der Waals surface area contributed by atoms with Crippen LogP contribution in [0.3, 0.4) is 0 Å². The van der Waals surface area contributed by atoms with Crippen LogP contribution < -0.4 is 20.7 Å². The quantitative estimate of drug-likeness (QED) is 0.768. The van der Waals surface area contributed by atoms with Gasteiger partial charge in [-0.05, 0) is 38.0 Å². The van der Waals surface area contributed by atoms with Gasteiger partial charge >= 0.3 is 6.03 Å². The van der Waals surface area contributed by atoms with E-state index in [0.717, 1.165) is 17.7 Å². The van der Waals surface area contributed by atoms with Crippen molar-refractivity contribution in [2.75, 3.05) is 13.7 Å². The summed E-state index contributed by atoms with van der Waals surface area (Å²) in [5.74, 6) is 0.650. The van der Waals surface area contributed by atoms with E-state index in [2.05, 4.69) is 16.0 Å². The number of urea groups is 1. The lowest BCUT2D eigenvalue weighted by molar-refractivity contribution is -0.117. The lowest BCUT2D eigenvalue weighted by atomic mass is 10.0. The van der Waals surface area contributed by atoms with E-state index in [4.69, 9.17) is 4.74 Å². The summed E-state index contributed by atoms with van der Waals surface area (Å²) in [5, 5.41) is 8.18. The Balaban J connectivity index is 1.89. The number of methoxy groups -OCH3 is 1. The number of nitrogens with one attached hydrogen (secondary N) is 3. The van der Waals surface area contributed by atoms with Crippen molar-refractivity contribution < 1.29 is 14.3 Å². The van der Waals surface area contributed by atoms with E-state index in [1.54, 1.807) is 21.0 Å². The summed E-state index contributed by atoms with van der Waals surface area (Å²) in [7, 11) is 1.63. The molecule has 1 aromatic rings. The van der Waals surface area contributed by atoms with Crippen LogP contribution in [0.2, 0.25) is 0 Å². The topological polar surface area (TPSA) is 79.5 Å². The predicted molar refractivity (Wildman–Crippen MR) is 83.5 cm³/mol. The first-order valence-electron chi connectivity index (χ1n) is 7.20. The van der Waals surface area contributed by atoms with Crippen molar-refractivity contribution in [3.63, 3.8) is 0 Å². The fourth-order valence-corrected chi connectivity index (χ4v) is 2.44. The fourth-order valence-electron chi connectivity index (χ4n) is 2.44. The van der Waals surface area contributed by atoms with E-state index in [9.17, 15) is 9.59 Å². The van der Waals surface area contributed by atoms with Gasteiger partial charge in [-0.25, -0.2) is 4.79 Å². The minimum atomic E-state index is -0.297. The van der Waals surface area contributed by atoms with Crippen LogP contribution in [0.25, 0.3) is 0 Å². The molecule has 22 heavy (non-hydrogen) atoms. The minimum Gasteiger partial charge on any atom is -0.497 e. The largest absolute Gasteiger partial charge is 0.497 e. The number of hydrogen-bond donors (Lipinski definition) is 3. The van der Waals surface area contributed by atoms with E-state index in [1.165, 1.54) is 0 Å². The first kappa shape index (κ1) is 15.9. The number of hydrogen-bond acceptors (Lipinski definition) is 3. The van der Waals surface area contributed by atoms with Gasteiger partial charge in [0.1, 0.15) is 5.75 Å². The van der Waals surface area contributed by atoms with Crippen molar-refractivity contribution in [1.82, 2.24) is 16.0 Å². The number of carbonyl (C=O) groups is 2. The standard InChI is InChI=1S/C16H21N3O3/c1-10-14(11(2)19-16(21)18-10)15(20)17-9-8-12-4-6-13(22-3)7-5-12/h4-7,10H,8-9H2,1-3H3,(H,17,20)(H2,18,19,21). The molecule has 1 heterocycles. The highest BCUT2D eigenvalue weighted by Gasteiger charge is 2.26. The molecular weight excluding hydrogens is 282 g/mol. The molecule has 118 valence electrons. The second kappa shape index (κ2) is 6.98. The third-order valence-electron chi connectivity index (χ3n) is 3.59. The van der Waals surface area contributed by atoms with E-state index in [-0.39, 0.29) is 18.0 Å². The second-order valence-electron chi connectivity index (χ2n) is 5.21. The van der Waals surface area contributed by atoms with Crippen molar-refractivity contribution in [3.05, 3.63) is 41.1 Å². The monoisotopic (exact) mass is 303 g/mol. The molecule has 0 bridgehead atoms. The Hall–Kier alpha value is -2.50. The van der Waals surface area contributed by atoms with Crippen LogP contribution in [0, 0.1) is 0 Å². The summed E-state index contributed by atoms with van der Waals surface area (Å²) in [6.45, 7) is 4.05. The lowest BCUT2D eigenvalue weighted by Gasteiger charge is -2.25. The molecule has 1 atom stereocenters. The summed E-state index contributed by atoms with van der Waals surface area (Å²) in [6, 6.07) is 7.16. The highest BCUT2D eigenvalue weighted by molar-refractivity contribution is 5.98. The van der Waals surface area contributed by atoms with Gasteiger partial charge in [0.25, 0.3) is 5.91 Å². The molecule has 0 aromatic heterocycles. The highest BCUT2D eigenvalue weighted by atomic mass is 16.5. The SMILES string of the molecule is COc1ccc(CCNC(=O)C2=C(C)NC(=O)NC2C)cc1. The molecule has 1 unspecified atom stereocenters. The first-order valence-corrected chi connectivity index (χ1v) is 7.20. The maximum Gasteiger partial charge on any atom is 0.319 e. The molecule has 1 aliphatic rings. The maximum absolute atomic E-state index is 12.2. The first-order chi connectivity index (χ1) is 10.5. The Bertz CT molecular complexity index is 593. The van der Waals surface area contributed by atoms with Gasteiger partial charge in [-0.1, -0.05) is 12.1 Å². The van der Waals surface area contributed by atoms with E-state index in [0.29, 0.717) is 17.8 Å². The Labute approximate surface area is 129 Å². The van der Waals surface area contributed by atoms with E-state index < -0.39 is 0 Å². The zero-order chi connectivity index (χ0) is 16.1. The fraction of sp³-hybridized carbons (Fsp3) is 0.375. The van der Waals surface area contributed by atoms with E-state index in [1.807, 2.05) is 24.3 Å². The molecule has 6 nitrogen and oxygen atoms in total. The molecule has 1 aliphatic heterocycles. The number of amides is 3. The Morgan fingerprint density at radius 1 is 1.32 bits per heavy atom. The van der Waals surface area contributed by atoms with Gasteiger partial charge in [0.2, 0.25) is 0 Å². The number of allylic oxidation sites excluding steroid dienone is 1. The number of carbonyl (C=O) groups excluding carboxylic acids is 2. The molecule has 0 saturated heterocycles. The molecule has 3 N–H and O–H groups in total. The molecule has 0 saturated carbocycles. The van der Waals surface area contributed by atoms with Crippen molar-refractivity contribution in [2.24, 2.45) is 0 Å². The summed E-state index contributed by atoms with van der Waals surface area (Å²) in [5.41, 5.74) is 2.28. The third-order valence-corrected chi connectivity index (χ3v) is 3.59. The zero-order valence-electron chi connectivity index (χ0n) is 13.0. The molecule has 6 heteroatoms. The van der Waals surface area contributed by atoms with Crippen LogP contribution >= 0.6 is 0 Å². The van der Waals surface area contributed by atoms with Crippen LogP contribution in [-0.2, 0) is 11.2 Å². The molecule has 1 aromatic carbocycles. The van der Waals surface area contributed by atoms with E-state index >= 15 is 0 Å². The molecule has 0 aliphatic carbocycles. The average molecular weight is 303 g/mol. The van der Waals surface area contributed by atoms with Gasteiger partial charge in [0.05, 0.1) is 18.7 Å². The van der Waals surface area contributed by atoms with Gasteiger partial charge < -0.3 is 20.7 Å². The summed E-state index contributed by atoms with van der Waals surface area (Å²) in [4.78, 5) is 23.5. The minimum absolute atomic E-state index is 0.161. The molecule has 3 amide bonds. The number of ether oxygens (including phenoxy) is 1. The van der Waals surface area contributed by atoms with Crippen LogP contribution in [0.1, 0.15) is 19.4 Å². The predicted octanol–water partition coefficient (Wildman–Crippen LogP) is 1.33. The Morgan fingerprint density at radius 3 is 2.59 bits per heavy atom. The van der Waals surface area contributed by atoms with Crippen LogP contribution in [0.5, 0.6) is 5.75 Å². The lowest BCUT2D eigenvalue weighted by Crippen LogP contribution is -2.50. The normalized spacial score (nSPS) is 17.6. The molecular formula is C16H21N3O3. The van der Waals surface area contributed by atoms with Crippen LogP contribution in [0.4, 0.5) is 4.79 Å². The van der Waals surface area contributed by atoms with Crippen molar-refractivity contribution in [3.8, 4) is 5.75 Å². The average Bonchev–Trinajstić information content (AvgIpc) is 2.47. The molecule has 0 radical (unpaired) electrons. The smallest absolute Gasteiger partial charge is 0.319 e. The van der Waals surface area contributed by atoms with Crippen LogP contribution in [-0.4, -0.2) is 31.6 Å². The molecule has 0 fully saturated rings. The van der Waals surface area contributed by atoms with Gasteiger partial charge in [-0.3, -0.25) is 4.79 Å². The highest BCUT2D eigenvalue weighted by Crippen LogP contribution is 2.13. The molecule has 2 rings (SSSR count). The number of benzene rings is 1. The van der Waals surface area contributed by atoms with Gasteiger partial charge in [-0.15, -0.1) is 0 Å². The van der Waals surface area contributed by atoms with Crippen molar-refractivity contribution in [2.45, 2.75) is 26.3 Å². The Morgan fingerprint density at radius 2 is 2.00 bits per heavy atom. The number of rotatable bonds is 5. The summed E-state index contributed by atoms with van der Waals surface area (Å²) < 4.78 is 5.11. The second-order valence-corrected chi connectivity index (χ2v) is 5.21. The van der Waals surface area contributed by atoms with Crippen LogP contribution in [0.15, 0.2) is 35.5 Å². The van der Waals surface area contributed by atoms with Crippen molar-refractivity contribution in [1.29, 1.82) is 0 Å². The zero-order valence-corrected chi connectivity index (χ0v) is 13.0. The van der Waals surface area contributed by atoms with Crippen molar-refractivity contribution >= 4 is 11.9 Å². The maximum atomic E-state index is 12.2. The third kappa shape index (κ3) is 3.78. The molecule has 0 spiro atoms. The summed E-state index contributed by atoms with van der Waals surface area (Å²) >= 11 is 0. The van der Waals surface area contributed by atoms with Gasteiger partial charge in [0.15, 0.2) is 0 Å². The Kier molecular flexibility index (Phi) is 5.04. The van der Waals surface area contributed by atoms with Gasteiger partial charge in [-0.2, -0.15) is 0 Å².